The molecular weight excluding hydrogens is 258 g/mol. The van der Waals surface area contributed by atoms with Crippen LogP contribution in [0.4, 0.5) is 0 Å². The predicted molar refractivity (Wildman–Crippen MR) is 88.0 cm³/mol. The fraction of sp³-hybridized carbons (Fsp3) is 0.684. The van der Waals surface area contributed by atoms with Crippen molar-refractivity contribution >= 4 is 0 Å². The van der Waals surface area contributed by atoms with Gasteiger partial charge in [0.2, 0.25) is 0 Å². The van der Waals surface area contributed by atoms with Gasteiger partial charge in [-0.15, -0.1) is 0 Å². The molecule has 1 fully saturated rings. The lowest BCUT2D eigenvalue weighted by Crippen LogP contribution is -2.37. The van der Waals surface area contributed by atoms with Crippen LogP contribution in [0.3, 0.4) is 0 Å². The standard InChI is InChI=1S/C19H29NO/c1-2-12-20-18-10-5-3-4-8-15(18)13-16-14-21-19-11-7-6-9-17(16)19/h6-7,9,11,15-16,18,20H,2-5,8,10,12-14H2,1H3. The lowest BCUT2D eigenvalue weighted by atomic mass is 9.83. The van der Waals surface area contributed by atoms with Crippen LogP contribution >= 0.6 is 0 Å². The number of hydrogen-bond acceptors (Lipinski definition) is 2. The second-order valence-corrected chi connectivity index (χ2v) is 6.74. The van der Waals surface area contributed by atoms with Gasteiger partial charge < -0.3 is 10.1 Å². The van der Waals surface area contributed by atoms with Crippen molar-refractivity contribution in [3.8, 4) is 5.75 Å². The van der Waals surface area contributed by atoms with E-state index >= 15 is 0 Å². The molecule has 0 bridgehead atoms. The highest BCUT2D eigenvalue weighted by Crippen LogP contribution is 2.40. The molecule has 1 heterocycles. The molecule has 0 amide bonds. The summed E-state index contributed by atoms with van der Waals surface area (Å²) in [5.41, 5.74) is 1.44. The summed E-state index contributed by atoms with van der Waals surface area (Å²) in [6.45, 7) is 4.31. The molecule has 1 aromatic rings. The average Bonchev–Trinajstić information content (AvgIpc) is 2.78. The highest BCUT2D eigenvalue weighted by molar-refractivity contribution is 5.39. The van der Waals surface area contributed by atoms with Crippen LogP contribution in [0.25, 0.3) is 0 Å². The van der Waals surface area contributed by atoms with Gasteiger partial charge in [0.1, 0.15) is 5.75 Å². The summed E-state index contributed by atoms with van der Waals surface area (Å²) >= 11 is 0. The maximum absolute atomic E-state index is 5.88. The van der Waals surface area contributed by atoms with Gasteiger partial charge in [0, 0.05) is 17.5 Å². The Balaban J connectivity index is 1.66. The zero-order valence-electron chi connectivity index (χ0n) is 13.3. The van der Waals surface area contributed by atoms with E-state index < -0.39 is 0 Å². The highest BCUT2D eigenvalue weighted by Gasteiger charge is 2.30. The van der Waals surface area contributed by atoms with Gasteiger partial charge in [-0.3, -0.25) is 0 Å². The smallest absolute Gasteiger partial charge is 0.122 e. The first-order chi connectivity index (χ1) is 10.4. The number of ether oxygens (including phenoxy) is 1. The van der Waals surface area contributed by atoms with E-state index in [0.717, 1.165) is 24.3 Å². The van der Waals surface area contributed by atoms with Gasteiger partial charge in [-0.05, 0) is 44.2 Å². The minimum absolute atomic E-state index is 0.607. The number of nitrogens with one attached hydrogen (secondary N) is 1. The minimum Gasteiger partial charge on any atom is -0.493 e. The highest BCUT2D eigenvalue weighted by atomic mass is 16.5. The van der Waals surface area contributed by atoms with Crippen molar-refractivity contribution in [2.45, 2.75) is 63.8 Å². The normalized spacial score (nSPS) is 28.7. The second-order valence-electron chi connectivity index (χ2n) is 6.74. The molecule has 21 heavy (non-hydrogen) atoms. The molecule has 3 atom stereocenters. The maximum atomic E-state index is 5.88. The van der Waals surface area contributed by atoms with Crippen LogP contribution in [0.15, 0.2) is 24.3 Å². The van der Waals surface area contributed by atoms with Crippen molar-refractivity contribution in [1.29, 1.82) is 0 Å². The van der Waals surface area contributed by atoms with Gasteiger partial charge in [0.15, 0.2) is 0 Å². The summed E-state index contributed by atoms with van der Waals surface area (Å²) in [5, 5.41) is 3.82. The van der Waals surface area contributed by atoms with E-state index in [2.05, 4.69) is 36.5 Å². The Bertz CT molecular complexity index is 445. The van der Waals surface area contributed by atoms with Crippen molar-refractivity contribution in [1.82, 2.24) is 5.32 Å². The van der Waals surface area contributed by atoms with Crippen molar-refractivity contribution in [2.24, 2.45) is 5.92 Å². The molecule has 0 radical (unpaired) electrons. The molecule has 2 nitrogen and oxygen atoms in total. The molecule has 1 aliphatic carbocycles. The first-order valence-corrected chi connectivity index (χ1v) is 8.83. The SMILES string of the molecule is CCCNC1CCCCCC1CC1COc2ccccc21. The van der Waals surface area contributed by atoms with Gasteiger partial charge >= 0.3 is 0 Å². The largest absolute Gasteiger partial charge is 0.493 e. The molecule has 0 aromatic heterocycles. The van der Waals surface area contributed by atoms with Gasteiger partial charge in [-0.25, -0.2) is 0 Å². The molecule has 2 aliphatic rings. The van der Waals surface area contributed by atoms with Crippen molar-refractivity contribution in [3.63, 3.8) is 0 Å². The summed E-state index contributed by atoms with van der Waals surface area (Å²) in [6.07, 6.45) is 9.50. The minimum atomic E-state index is 0.607. The second kappa shape index (κ2) is 7.31. The Kier molecular flexibility index (Phi) is 5.18. The Labute approximate surface area is 129 Å². The van der Waals surface area contributed by atoms with Gasteiger partial charge in [-0.2, -0.15) is 0 Å². The molecule has 3 unspecified atom stereocenters. The van der Waals surface area contributed by atoms with Crippen molar-refractivity contribution in [2.75, 3.05) is 13.2 Å². The molecule has 116 valence electrons. The first kappa shape index (κ1) is 14.9. The van der Waals surface area contributed by atoms with Gasteiger partial charge in [0.05, 0.1) is 6.61 Å². The number of benzene rings is 1. The maximum Gasteiger partial charge on any atom is 0.122 e. The van der Waals surface area contributed by atoms with Crippen molar-refractivity contribution < 1.29 is 4.74 Å². The summed E-state index contributed by atoms with van der Waals surface area (Å²) < 4.78 is 5.88. The van der Waals surface area contributed by atoms with Crippen LogP contribution < -0.4 is 10.1 Å². The average molecular weight is 287 g/mol. The number of rotatable bonds is 5. The molecule has 2 heteroatoms. The monoisotopic (exact) mass is 287 g/mol. The van der Waals surface area contributed by atoms with Crippen LogP contribution in [0.1, 0.15) is 63.4 Å². The van der Waals surface area contributed by atoms with E-state index in [9.17, 15) is 0 Å². The topological polar surface area (TPSA) is 21.3 Å². The predicted octanol–water partition coefficient (Wildman–Crippen LogP) is 4.50. The first-order valence-electron chi connectivity index (χ1n) is 8.83. The van der Waals surface area contributed by atoms with Crippen molar-refractivity contribution in [3.05, 3.63) is 29.8 Å². The third-order valence-electron chi connectivity index (χ3n) is 5.20. The number of fused-ring (bicyclic) bond motifs is 1. The molecule has 3 rings (SSSR count). The van der Waals surface area contributed by atoms with E-state index in [1.54, 1.807) is 0 Å². The third-order valence-corrected chi connectivity index (χ3v) is 5.20. The lowest BCUT2D eigenvalue weighted by Gasteiger charge is -2.28. The molecule has 0 spiro atoms. The van der Waals surface area contributed by atoms with Crippen LogP contribution in [-0.2, 0) is 0 Å². The molecular formula is C19H29NO. The fourth-order valence-electron chi connectivity index (χ4n) is 4.05. The molecule has 1 N–H and O–H groups in total. The number of para-hydroxylation sites is 1. The Hall–Kier alpha value is -1.02. The lowest BCUT2D eigenvalue weighted by molar-refractivity contribution is 0.264. The van der Waals surface area contributed by atoms with E-state index in [0.29, 0.717) is 5.92 Å². The molecule has 1 aromatic carbocycles. The Morgan fingerprint density at radius 3 is 2.90 bits per heavy atom. The summed E-state index contributed by atoms with van der Waals surface area (Å²) in [4.78, 5) is 0. The molecule has 0 saturated heterocycles. The summed E-state index contributed by atoms with van der Waals surface area (Å²) in [6, 6.07) is 9.34. The van der Waals surface area contributed by atoms with Crippen LogP contribution in [0.5, 0.6) is 5.75 Å². The van der Waals surface area contributed by atoms with E-state index in [-0.39, 0.29) is 0 Å². The third kappa shape index (κ3) is 3.60. The zero-order chi connectivity index (χ0) is 14.5. The van der Waals surface area contributed by atoms with Crippen LogP contribution in [0.2, 0.25) is 0 Å². The Morgan fingerprint density at radius 2 is 2.00 bits per heavy atom. The Morgan fingerprint density at radius 1 is 1.14 bits per heavy atom. The van der Waals surface area contributed by atoms with E-state index in [1.807, 2.05) is 0 Å². The number of hydrogen-bond donors (Lipinski definition) is 1. The quantitative estimate of drug-likeness (QED) is 0.805. The van der Waals surface area contributed by atoms with E-state index in [1.165, 1.54) is 57.1 Å². The van der Waals surface area contributed by atoms with Gasteiger partial charge in [0.25, 0.3) is 0 Å². The van der Waals surface area contributed by atoms with Gasteiger partial charge in [-0.1, -0.05) is 44.4 Å². The summed E-state index contributed by atoms with van der Waals surface area (Å²) in [7, 11) is 0. The van der Waals surface area contributed by atoms with Crippen LogP contribution in [0, 0.1) is 5.92 Å². The van der Waals surface area contributed by atoms with E-state index in [4.69, 9.17) is 4.74 Å². The fourth-order valence-corrected chi connectivity index (χ4v) is 4.05. The summed E-state index contributed by atoms with van der Waals surface area (Å²) in [5.74, 6) is 2.54. The molecule has 1 saturated carbocycles. The van der Waals surface area contributed by atoms with Crippen LogP contribution in [-0.4, -0.2) is 19.2 Å². The zero-order valence-corrected chi connectivity index (χ0v) is 13.3. The molecule has 1 aliphatic heterocycles.